The van der Waals surface area contributed by atoms with Crippen LogP contribution in [0.4, 0.5) is 5.82 Å². The van der Waals surface area contributed by atoms with Gasteiger partial charge >= 0.3 is 5.97 Å². The Morgan fingerprint density at radius 2 is 2.29 bits per heavy atom. The van der Waals surface area contributed by atoms with Crippen LogP contribution in [0, 0.1) is 0 Å². The number of nitrogens with zero attached hydrogens (tertiary/aromatic N) is 2. The number of aromatic carboxylic acids is 1. The molecule has 2 unspecified atom stereocenters. The number of ether oxygens (including phenoxy) is 1. The quantitative estimate of drug-likeness (QED) is 0.840. The van der Waals surface area contributed by atoms with Gasteiger partial charge in [-0.1, -0.05) is 0 Å². The van der Waals surface area contributed by atoms with Crippen molar-refractivity contribution in [1.82, 2.24) is 4.98 Å². The second-order valence-electron chi connectivity index (χ2n) is 4.36. The number of anilines is 1. The predicted molar refractivity (Wildman–Crippen MR) is 63.4 cm³/mol. The monoisotopic (exact) mass is 236 g/mol. The molecule has 1 fully saturated rings. The summed E-state index contributed by atoms with van der Waals surface area (Å²) in [5.41, 5.74) is 0.211. The fourth-order valence-electron chi connectivity index (χ4n) is 1.90. The van der Waals surface area contributed by atoms with Gasteiger partial charge < -0.3 is 14.7 Å². The van der Waals surface area contributed by atoms with Gasteiger partial charge in [-0.05, 0) is 26.0 Å². The Bertz CT molecular complexity index is 405. The summed E-state index contributed by atoms with van der Waals surface area (Å²) in [4.78, 5) is 17.1. The van der Waals surface area contributed by atoms with Crippen LogP contribution in [0.5, 0.6) is 0 Å². The van der Waals surface area contributed by atoms with Crippen LogP contribution in [0.2, 0.25) is 0 Å². The molecule has 0 bridgehead atoms. The average Bonchev–Trinajstić information content (AvgIpc) is 2.32. The van der Waals surface area contributed by atoms with Crippen LogP contribution in [0.15, 0.2) is 18.3 Å². The lowest BCUT2D eigenvalue weighted by atomic mass is 10.2. The maximum Gasteiger partial charge on any atom is 0.337 e. The van der Waals surface area contributed by atoms with Gasteiger partial charge in [-0.3, -0.25) is 0 Å². The fourth-order valence-corrected chi connectivity index (χ4v) is 1.90. The molecule has 5 heteroatoms. The lowest BCUT2D eigenvalue weighted by molar-refractivity contribution is 0.0340. The minimum absolute atomic E-state index is 0.173. The van der Waals surface area contributed by atoms with E-state index in [1.54, 1.807) is 12.1 Å². The molecule has 0 radical (unpaired) electrons. The smallest absolute Gasteiger partial charge is 0.337 e. The maximum atomic E-state index is 10.7. The van der Waals surface area contributed by atoms with E-state index in [0.717, 1.165) is 12.4 Å². The standard InChI is InChI=1S/C12H16N2O3/c1-8-7-17-9(2)6-14(8)11-4-3-10(5-13-11)12(15)16/h3-5,8-9H,6-7H2,1-2H3,(H,15,16). The molecule has 1 aliphatic heterocycles. The molecule has 1 N–H and O–H groups in total. The van der Waals surface area contributed by atoms with Gasteiger partial charge in [0.05, 0.1) is 24.3 Å². The third kappa shape index (κ3) is 2.55. The van der Waals surface area contributed by atoms with Crippen molar-refractivity contribution < 1.29 is 14.6 Å². The Labute approximate surface area is 100 Å². The molecule has 2 rings (SSSR count). The highest BCUT2D eigenvalue weighted by atomic mass is 16.5. The van der Waals surface area contributed by atoms with Crippen LogP contribution in [-0.2, 0) is 4.74 Å². The van der Waals surface area contributed by atoms with E-state index in [9.17, 15) is 4.79 Å². The van der Waals surface area contributed by atoms with Crippen molar-refractivity contribution in [2.45, 2.75) is 26.0 Å². The van der Waals surface area contributed by atoms with Gasteiger partial charge in [0.15, 0.2) is 0 Å². The summed E-state index contributed by atoms with van der Waals surface area (Å²) in [6.07, 6.45) is 1.57. The van der Waals surface area contributed by atoms with Gasteiger partial charge in [-0.2, -0.15) is 0 Å². The van der Waals surface area contributed by atoms with E-state index in [0.29, 0.717) is 6.61 Å². The molecule has 5 nitrogen and oxygen atoms in total. The highest BCUT2D eigenvalue weighted by Crippen LogP contribution is 2.19. The van der Waals surface area contributed by atoms with E-state index in [-0.39, 0.29) is 17.7 Å². The van der Waals surface area contributed by atoms with Gasteiger partial charge in [-0.15, -0.1) is 0 Å². The Kier molecular flexibility index (Phi) is 3.28. The van der Waals surface area contributed by atoms with Gasteiger partial charge in [0.25, 0.3) is 0 Å². The molecule has 0 amide bonds. The summed E-state index contributed by atoms with van der Waals surface area (Å²) in [7, 11) is 0. The molecule has 1 aromatic rings. The van der Waals surface area contributed by atoms with Crippen LogP contribution >= 0.6 is 0 Å². The van der Waals surface area contributed by atoms with Gasteiger partial charge in [-0.25, -0.2) is 9.78 Å². The normalized spacial score (nSPS) is 24.7. The molecule has 0 saturated carbocycles. The number of hydrogen-bond donors (Lipinski definition) is 1. The van der Waals surface area contributed by atoms with E-state index in [1.165, 1.54) is 6.20 Å². The first kappa shape index (κ1) is 11.9. The molecule has 17 heavy (non-hydrogen) atoms. The topological polar surface area (TPSA) is 62.7 Å². The number of rotatable bonds is 2. The number of aromatic nitrogens is 1. The Hall–Kier alpha value is -1.62. The predicted octanol–water partition coefficient (Wildman–Crippen LogP) is 1.39. The second-order valence-corrected chi connectivity index (χ2v) is 4.36. The van der Waals surface area contributed by atoms with Crippen LogP contribution in [-0.4, -0.2) is 41.4 Å². The molecular formula is C12H16N2O3. The molecule has 1 aliphatic rings. The van der Waals surface area contributed by atoms with E-state index in [1.807, 2.05) is 6.92 Å². The van der Waals surface area contributed by atoms with Crippen molar-refractivity contribution in [2.75, 3.05) is 18.1 Å². The molecule has 0 aromatic carbocycles. The Morgan fingerprint density at radius 1 is 1.53 bits per heavy atom. The van der Waals surface area contributed by atoms with Crippen molar-refractivity contribution in [3.8, 4) is 0 Å². The van der Waals surface area contributed by atoms with Gasteiger partial charge in [0.2, 0.25) is 0 Å². The van der Waals surface area contributed by atoms with Crippen LogP contribution in [0.1, 0.15) is 24.2 Å². The van der Waals surface area contributed by atoms with Gasteiger partial charge in [0, 0.05) is 12.7 Å². The number of carboxylic acid groups (broad SMARTS) is 1. The molecule has 92 valence electrons. The summed E-state index contributed by atoms with van der Waals surface area (Å²) < 4.78 is 5.54. The van der Waals surface area contributed by atoms with Crippen molar-refractivity contribution in [3.05, 3.63) is 23.9 Å². The first-order chi connectivity index (χ1) is 8.08. The average molecular weight is 236 g/mol. The molecule has 0 aliphatic carbocycles. The molecular weight excluding hydrogens is 220 g/mol. The van der Waals surface area contributed by atoms with Crippen LogP contribution in [0.25, 0.3) is 0 Å². The largest absolute Gasteiger partial charge is 0.478 e. The summed E-state index contributed by atoms with van der Waals surface area (Å²) in [5, 5.41) is 8.81. The zero-order valence-electron chi connectivity index (χ0n) is 9.96. The SMILES string of the molecule is CC1CN(c2ccc(C(=O)O)cn2)C(C)CO1. The number of hydrogen-bond acceptors (Lipinski definition) is 4. The lowest BCUT2D eigenvalue weighted by Gasteiger charge is -2.37. The highest BCUT2D eigenvalue weighted by molar-refractivity contribution is 5.87. The third-order valence-electron chi connectivity index (χ3n) is 2.90. The van der Waals surface area contributed by atoms with Crippen molar-refractivity contribution in [3.63, 3.8) is 0 Å². The minimum Gasteiger partial charge on any atom is -0.478 e. The molecule has 2 heterocycles. The number of carboxylic acids is 1. The molecule has 0 spiro atoms. The highest BCUT2D eigenvalue weighted by Gasteiger charge is 2.24. The Balaban J connectivity index is 2.18. The van der Waals surface area contributed by atoms with Gasteiger partial charge in [0.1, 0.15) is 5.82 Å². The van der Waals surface area contributed by atoms with Crippen molar-refractivity contribution >= 4 is 11.8 Å². The first-order valence-electron chi connectivity index (χ1n) is 5.65. The lowest BCUT2D eigenvalue weighted by Crippen LogP contribution is -2.47. The van der Waals surface area contributed by atoms with Crippen molar-refractivity contribution in [2.24, 2.45) is 0 Å². The summed E-state index contributed by atoms with van der Waals surface area (Å²) >= 11 is 0. The summed E-state index contributed by atoms with van der Waals surface area (Å²) in [6, 6.07) is 3.59. The molecule has 1 aromatic heterocycles. The zero-order chi connectivity index (χ0) is 12.4. The number of morpholine rings is 1. The summed E-state index contributed by atoms with van der Waals surface area (Å²) in [5.74, 6) is -0.148. The second kappa shape index (κ2) is 4.71. The van der Waals surface area contributed by atoms with E-state index in [4.69, 9.17) is 9.84 Å². The first-order valence-corrected chi connectivity index (χ1v) is 5.65. The summed E-state index contributed by atoms with van der Waals surface area (Å²) in [6.45, 7) is 5.53. The third-order valence-corrected chi connectivity index (χ3v) is 2.90. The molecule has 2 atom stereocenters. The number of carbonyl (C=O) groups is 1. The van der Waals surface area contributed by atoms with E-state index < -0.39 is 5.97 Å². The van der Waals surface area contributed by atoms with E-state index in [2.05, 4.69) is 16.8 Å². The maximum absolute atomic E-state index is 10.7. The van der Waals surface area contributed by atoms with E-state index >= 15 is 0 Å². The molecule has 1 saturated heterocycles. The van der Waals surface area contributed by atoms with Crippen LogP contribution in [0.3, 0.4) is 0 Å². The zero-order valence-corrected chi connectivity index (χ0v) is 9.96. The number of pyridine rings is 1. The fraction of sp³-hybridized carbons (Fsp3) is 0.500. The Morgan fingerprint density at radius 3 is 2.88 bits per heavy atom. The van der Waals surface area contributed by atoms with Crippen LogP contribution < -0.4 is 4.90 Å². The van der Waals surface area contributed by atoms with Crippen molar-refractivity contribution in [1.29, 1.82) is 0 Å². The minimum atomic E-state index is -0.951.